The number of carbonyl (C=O) groups is 4. The zero-order valence-electron chi connectivity index (χ0n) is 29.2. The maximum atomic E-state index is 12.5. The smallest absolute Gasteiger partial charge is 0.274 e. The summed E-state index contributed by atoms with van der Waals surface area (Å²) in [6.45, 7) is 1.54. The average Bonchev–Trinajstić information content (AvgIpc) is 3.64. The third-order valence-corrected chi connectivity index (χ3v) is 11.4. The highest BCUT2D eigenvalue weighted by molar-refractivity contribution is 8.13. The van der Waals surface area contributed by atoms with Crippen LogP contribution in [-0.2, 0) is 55.5 Å². The van der Waals surface area contributed by atoms with Gasteiger partial charge in [-0.15, -0.1) is 0 Å². The van der Waals surface area contributed by atoms with Crippen LogP contribution in [0.5, 0.6) is 0 Å². The van der Waals surface area contributed by atoms with Crippen LogP contribution in [0.3, 0.4) is 0 Å². The van der Waals surface area contributed by atoms with Gasteiger partial charge >= 0.3 is 0 Å². The molecule has 2 unspecified atom stereocenters. The van der Waals surface area contributed by atoms with Crippen molar-refractivity contribution in [2.45, 2.75) is 70.7 Å². The molecule has 3 rings (SSSR count). The number of thioether (sulfide) groups is 1. The fraction of sp³-hybridized carbons (Fsp3) is 0.654. The second kappa shape index (κ2) is 19.6. The number of aliphatic hydroxyl groups is 2. The molecule has 1 aliphatic rings. The number of nitrogens with one attached hydrogen (secondary N) is 2. The lowest BCUT2D eigenvalue weighted by molar-refractivity contribution is -0.347. The SMILES string of the molecule is CCC(=O)CC(=O)SCCNC(=O)CCNC(=O)[C@H](O)C(C)(C)COP(=O)([O-])OP(=O)([O-])OC[C@H]1O[C@@H](n2cnc3c(N)ncnc32)[C@H](O)[C@@H]1OP(=O)([O-])[O-]. The van der Waals surface area contributed by atoms with E-state index in [1.165, 1.54) is 13.8 Å². The van der Waals surface area contributed by atoms with Crippen LogP contribution in [-0.4, -0.2) is 109 Å². The lowest BCUT2D eigenvalue weighted by Gasteiger charge is -2.36. The molecule has 2 aromatic rings. The van der Waals surface area contributed by atoms with E-state index in [1.807, 2.05) is 0 Å². The van der Waals surface area contributed by atoms with Gasteiger partial charge in [-0.05, 0) is 0 Å². The summed E-state index contributed by atoms with van der Waals surface area (Å²) < 4.78 is 60.3. The molecule has 0 saturated carbocycles. The molecule has 0 aliphatic carbocycles. The van der Waals surface area contributed by atoms with Gasteiger partial charge in [-0.3, -0.25) is 32.9 Å². The van der Waals surface area contributed by atoms with Crippen LogP contribution in [0.2, 0.25) is 0 Å². The minimum atomic E-state index is -5.92. The molecule has 0 spiro atoms. The maximum Gasteiger partial charge on any atom is 0.274 e. The Morgan fingerprint density at radius 3 is 2.40 bits per heavy atom. The minimum Gasteiger partial charge on any atom is -0.790 e. The third-order valence-electron chi connectivity index (χ3n) is 7.48. The molecule has 310 valence electrons. The predicted octanol–water partition coefficient (Wildman–Crippen LogP) is -3.49. The number of aliphatic hydroxyl groups excluding tert-OH is 2. The van der Waals surface area contributed by atoms with E-state index in [4.69, 9.17) is 10.5 Å². The Labute approximate surface area is 316 Å². The molecule has 3 heterocycles. The van der Waals surface area contributed by atoms with Crippen LogP contribution >= 0.6 is 35.2 Å². The quantitative estimate of drug-likeness (QED) is 0.0435. The molecule has 25 nitrogen and oxygen atoms in total. The number of phosphoric ester groups is 3. The van der Waals surface area contributed by atoms with Crippen molar-refractivity contribution >= 4 is 74.9 Å². The molecule has 1 aliphatic heterocycles. The molecular weight excluding hydrogens is 823 g/mol. The standard InChI is InChI=1S/C26H42N7O18P3S/c1-4-14(34)9-17(36)55-8-7-28-16(35)5-6-29-24(39)21(38)26(2,3)11-48-54(45,46)51-53(43,44)47-10-15-20(50-52(40,41)42)19(37)25(49-15)33-13-32-18-22(27)30-12-31-23(18)33/h12-13,15,19-21,25,37-38H,4-11H2,1-3H3,(H,28,35)(H,29,39)(H,43,44)(H,45,46)(H2,27,30,31)(H2,40,41,42)/p-4/t15-,19-,20-,21+,25-/m1/s1. The molecule has 1 saturated heterocycles. The Morgan fingerprint density at radius 1 is 1.07 bits per heavy atom. The summed E-state index contributed by atoms with van der Waals surface area (Å²) in [5, 5.41) is 25.7. The Morgan fingerprint density at radius 2 is 1.75 bits per heavy atom. The first-order chi connectivity index (χ1) is 25.4. The molecule has 7 atom stereocenters. The number of nitrogens with zero attached hydrogens (tertiary/aromatic N) is 4. The van der Waals surface area contributed by atoms with Crippen molar-refractivity contribution < 1.29 is 85.3 Å². The normalized spacial score (nSPS) is 21.8. The highest BCUT2D eigenvalue weighted by Gasteiger charge is 2.47. The van der Waals surface area contributed by atoms with Crippen molar-refractivity contribution in [3.8, 4) is 0 Å². The second-order valence-electron chi connectivity index (χ2n) is 12.3. The van der Waals surface area contributed by atoms with Gasteiger partial charge in [0, 0.05) is 37.1 Å². The van der Waals surface area contributed by atoms with Gasteiger partial charge in [0.1, 0.15) is 42.0 Å². The molecule has 55 heavy (non-hydrogen) atoms. The Hall–Kier alpha value is -2.77. The fourth-order valence-corrected chi connectivity index (χ4v) is 8.04. The number of fused-ring (bicyclic) bond motifs is 1. The molecule has 2 amide bonds. The molecule has 29 heteroatoms. The van der Waals surface area contributed by atoms with Crippen molar-refractivity contribution in [1.29, 1.82) is 0 Å². The van der Waals surface area contributed by atoms with Gasteiger partial charge in [0.15, 0.2) is 22.8 Å². The zero-order valence-corrected chi connectivity index (χ0v) is 32.7. The van der Waals surface area contributed by atoms with E-state index >= 15 is 0 Å². The number of carbonyl (C=O) groups excluding carboxylic acids is 4. The van der Waals surface area contributed by atoms with Crippen LogP contribution in [0.15, 0.2) is 12.7 Å². The fourth-order valence-electron chi connectivity index (χ4n) is 4.61. The second-order valence-corrected chi connectivity index (χ2v) is 17.5. The van der Waals surface area contributed by atoms with Crippen molar-refractivity contribution in [1.82, 2.24) is 30.2 Å². The Balaban J connectivity index is 1.49. The third kappa shape index (κ3) is 14.3. The number of nitrogens with two attached hydrogens (primary N) is 1. The van der Waals surface area contributed by atoms with Crippen LogP contribution in [0.4, 0.5) is 5.82 Å². The summed E-state index contributed by atoms with van der Waals surface area (Å²) in [4.78, 5) is 107. The lowest BCUT2D eigenvalue weighted by atomic mass is 9.87. The number of nitrogen functional groups attached to an aromatic ring is 1. The number of ketones is 1. The van der Waals surface area contributed by atoms with Crippen molar-refractivity contribution in [2.75, 3.05) is 37.8 Å². The Kier molecular flexibility index (Phi) is 16.6. The zero-order chi connectivity index (χ0) is 41.4. The van der Waals surface area contributed by atoms with Gasteiger partial charge in [0.2, 0.25) is 11.8 Å². The average molecular weight is 862 g/mol. The van der Waals surface area contributed by atoms with Gasteiger partial charge < -0.3 is 69.0 Å². The van der Waals surface area contributed by atoms with Crippen molar-refractivity contribution in [3.05, 3.63) is 12.7 Å². The number of imidazole rings is 1. The number of phosphoric acid groups is 3. The van der Waals surface area contributed by atoms with E-state index in [0.717, 1.165) is 29.0 Å². The van der Waals surface area contributed by atoms with E-state index < -0.39 is 84.6 Å². The highest BCUT2D eigenvalue weighted by atomic mass is 32.2. The van der Waals surface area contributed by atoms with Crippen molar-refractivity contribution in [2.24, 2.45) is 5.41 Å². The molecular formula is C26H38N7O18P3S-4. The monoisotopic (exact) mass is 861 g/mol. The topological polar surface area (TPSA) is 392 Å². The van der Waals surface area contributed by atoms with E-state index in [9.17, 15) is 62.7 Å². The number of aromatic nitrogens is 4. The minimum absolute atomic E-state index is 0.0276. The van der Waals surface area contributed by atoms with Gasteiger partial charge in [-0.1, -0.05) is 32.5 Å². The highest BCUT2D eigenvalue weighted by Crippen LogP contribution is 2.56. The van der Waals surface area contributed by atoms with Crippen LogP contribution in [0.25, 0.3) is 11.2 Å². The van der Waals surface area contributed by atoms with E-state index in [-0.39, 0.29) is 66.0 Å². The van der Waals surface area contributed by atoms with E-state index in [2.05, 4.69) is 43.5 Å². The first kappa shape index (κ1) is 46.6. The number of hydrogen-bond acceptors (Lipinski definition) is 23. The van der Waals surface area contributed by atoms with Crippen LogP contribution in [0, 0.1) is 5.41 Å². The summed E-state index contributed by atoms with van der Waals surface area (Å²) in [6, 6.07) is 0. The molecule has 0 radical (unpaired) electrons. The van der Waals surface area contributed by atoms with Gasteiger partial charge in [-0.2, -0.15) is 0 Å². The Bertz CT molecular complexity index is 1850. The molecule has 2 aromatic heterocycles. The number of amides is 2. The first-order valence-electron chi connectivity index (χ1n) is 15.9. The summed E-state index contributed by atoms with van der Waals surface area (Å²) in [6.07, 6.45) is -7.66. The van der Waals surface area contributed by atoms with E-state index in [0.29, 0.717) is 0 Å². The number of hydrogen-bond donors (Lipinski definition) is 5. The summed E-state index contributed by atoms with van der Waals surface area (Å²) in [5.74, 6) is -1.63. The number of rotatable bonds is 22. The first-order valence-corrected chi connectivity index (χ1v) is 21.3. The lowest BCUT2D eigenvalue weighted by Crippen LogP contribution is -2.46. The molecule has 0 bridgehead atoms. The van der Waals surface area contributed by atoms with Gasteiger partial charge in [0.05, 0.1) is 33.8 Å². The summed E-state index contributed by atoms with van der Waals surface area (Å²) in [7, 11) is -17.6. The van der Waals surface area contributed by atoms with Gasteiger partial charge in [-0.25, -0.2) is 19.3 Å². The number of Topliss-reactive ketones (excluding diaryl/α,β-unsaturated/α-hetero) is 1. The largest absolute Gasteiger partial charge is 0.790 e. The van der Waals surface area contributed by atoms with Crippen molar-refractivity contribution in [3.63, 3.8) is 0 Å². The van der Waals surface area contributed by atoms with Crippen LogP contribution < -0.4 is 35.9 Å². The summed E-state index contributed by atoms with van der Waals surface area (Å²) in [5.41, 5.74) is 4.03. The summed E-state index contributed by atoms with van der Waals surface area (Å²) >= 11 is 0.881. The van der Waals surface area contributed by atoms with E-state index in [1.54, 1.807) is 6.92 Å². The maximum absolute atomic E-state index is 12.5. The molecule has 6 N–H and O–H groups in total. The predicted molar refractivity (Wildman–Crippen MR) is 178 cm³/mol. The van der Waals surface area contributed by atoms with Crippen LogP contribution in [0.1, 0.15) is 46.3 Å². The number of ether oxygens (including phenoxy) is 1. The van der Waals surface area contributed by atoms with Gasteiger partial charge in [0.25, 0.3) is 15.6 Å². The number of anilines is 1. The molecule has 0 aromatic carbocycles. The molecule has 1 fully saturated rings.